The second-order valence-corrected chi connectivity index (χ2v) is 5.42. The summed E-state index contributed by atoms with van der Waals surface area (Å²) in [6, 6.07) is 1.11. The fourth-order valence-electron chi connectivity index (χ4n) is 2.60. The number of urea groups is 1. The number of nitrogens with zero attached hydrogens (tertiary/aromatic N) is 5. The first-order chi connectivity index (χ1) is 11.1. The van der Waals surface area contributed by atoms with E-state index in [-0.39, 0.29) is 11.8 Å². The minimum Gasteiger partial charge on any atom is -0.352 e. The topological polar surface area (TPSA) is 119 Å². The zero-order valence-corrected chi connectivity index (χ0v) is 12.4. The molecule has 0 aliphatic carbocycles. The number of carbonyl (C=O) groups excluding carboxylic acids is 2. The van der Waals surface area contributed by atoms with E-state index in [1.807, 2.05) is 10.8 Å². The highest BCUT2D eigenvalue weighted by atomic mass is 16.2. The molecule has 1 atom stereocenters. The van der Waals surface area contributed by atoms with Crippen LogP contribution in [-0.2, 0) is 13.1 Å². The van der Waals surface area contributed by atoms with Crippen LogP contribution in [0.3, 0.4) is 0 Å². The van der Waals surface area contributed by atoms with Crippen LogP contribution in [0.4, 0.5) is 4.79 Å². The van der Waals surface area contributed by atoms with Crippen molar-refractivity contribution >= 4 is 11.9 Å². The van der Waals surface area contributed by atoms with Crippen LogP contribution in [0.5, 0.6) is 0 Å². The highest BCUT2D eigenvalue weighted by molar-refractivity contribution is 5.93. The van der Waals surface area contributed by atoms with Crippen molar-refractivity contribution in [1.82, 2.24) is 30.0 Å². The number of hydrogen-bond donors (Lipinski definition) is 2. The minimum absolute atomic E-state index is 0.0386. The summed E-state index contributed by atoms with van der Waals surface area (Å²) in [5.74, 6) is 0.605. The molecule has 0 aromatic carbocycles. The van der Waals surface area contributed by atoms with Gasteiger partial charge in [0.2, 0.25) is 0 Å². The van der Waals surface area contributed by atoms with E-state index in [2.05, 4.69) is 20.5 Å². The molecule has 0 fully saturated rings. The third kappa shape index (κ3) is 3.44. The van der Waals surface area contributed by atoms with E-state index >= 15 is 0 Å². The van der Waals surface area contributed by atoms with Gasteiger partial charge in [-0.25, -0.2) is 9.78 Å². The van der Waals surface area contributed by atoms with Gasteiger partial charge in [0.25, 0.3) is 5.91 Å². The van der Waals surface area contributed by atoms with Gasteiger partial charge in [0.05, 0.1) is 24.5 Å². The molecule has 0 bridgehead atoms. The monoisotopic (exact) mass is 315 g/mol. The maximum atomic E-state index is 12.1. The lowest BCUT2D eigenvalue weighted by atomic mass is 10.1. The van der Waals surface area contributed by atoms with Gasteiger partial charge < -0.3 is 20.5 Å². The first kappa shape index (κ1) is 14.9. The number of rotatable bonds is 3. The number of hydrogen-bond acceptors (Lipinski definition) is 5. The molecule has 0 spiro atoms. The Morgan fingerprint density at radius 1 is 1.30 bits per heavy atom. The molecule has 0 saturated heterocycles. The number of carbonyl (C=O) groups is 2. The van der Waals surface area contributed by atoms with E-state index in [9.17, 15) is 9.59 Å². The zero-order chi connectivity index (χ0) is 16.2. The van der Waals surface area contributed by atoms with Crippen LogP contribution < -0.4 is 11.1 Å². The third-order valence-electron chi connectivity index (χ3n) is 3.78. The van der Waals surface area contributed by atoms with Crippen LogP contribution in [-0.4, -0.2) is 49.7 Å². The van der Waals surface area contributed by atoms with Gasteiger partial charge in [0.15, 0.2) is 0 Å². The Bertz CT molecular complexity index is 700. The summed E-state index contributed by atoms with van der Waals surface area (Å²) >= 11 is 0. The average Bonchev–Trinajstić information content (AvgIpc) is 2.91. The van der Waals surface area contributed by atoms with Crippen LogP contribution >= 0.6 is 0 Å². The molecule has 1 aliphatic rings. The summed E-state index contributed by atoms with van der Waals surface area (Å²) in [5, 5.41) is 10.2. The second kappa shape index (κ2) is 6.42. The van der Waals surface area contributed by atoms with Crippen LogP contribution in [0.25, 0.3) is 0 Å². The first-order valence-electron chi connectivity index (χ1n) is 7.23. The molecule has 9 heteroatoms. The molecule has 1 unspecified atom stereocenters. The van der Waals surface area contributed by atoms with Crippen molar-refractivity contribution in [3.05, 3.63) is 42.2 Å². The van der Waals surface area contributed by atoms with Gasteiger partial charge >= 0.3 is 6.03 Å². The Kier molecular flexibility index (Phi) is 4.18. The Labute approximate surface area is 132 Å². The molecular weight excluding hydrogens is 298 g/mol. The highest BCUT2D eigenvalue weighted by Crippen LogP contribution is 2.15. The van der Waals surface area contributed by atoms with Gasteiger partial charge in [0, 0.05) is 37.9 Å². The van der Waals surface area contributed by atoms with Crippen LogP contribution in [0.15, 0.2) is 30.9 Å². The van der Waals surface area contributed by atoms with Gasteiger partial charge in [-0.05, 0) is 6.07 Å². The lowest BCUT2D eigenvalue weighted by Crippen LogP contribution is -2.41. The summed E-state index contributed by atoms with van der Waals surface area (Å²) in [5.41, 5.74) is 5.87. The van der Waals surface area contributed by atoms with E-state index in [0.29, 0.717) is 31.7 Å². The average molecular weight is 315 g/mol. The van der Waals surface area contributed by atoms with Crippen molar-refractivity contribution in [2.45, 2.75) is 13.1 Å². The van der Waals surface area contributed by atoms with E-state index in [0.717, 1.165) is 5.82 Å². The lowest BCUT2D eigenvalue weighted by molar-refractivity contribution is 0.0943. The van der Waals surface area contributed by atoms with Crippen LogP contribution in [0, 0.1) is 5.92 Å². The maximum Gasteiger partial charge on any atom is 0.315 e. The number of primary amides is 1. The Morgan fingerprint density at radius 2 is 2.17 bits per heavy atom. The summed E-state index contributed by atoms with van der Waals surface area (Å²) in [6.07, 6.45) is 6.43. The number of nitrogens with one attached hydrogen (secondary N) is 1. The fraction of sp³-hybridized carbons (Fsp3) is 0.357. The number of aromatic nitrogens is 4. The highest BCUT2D eigenvalue weighted by Gasteiger charge is 2.24. The maximum absolute atomic E-state index is 12.1. The van der Waals surface area contributed by atoms with Crippen LogP contribution in [0.2, 0.25) is 0 Å². The number of fused-ring (bicyclic) bond motifs is 1. The Balaban J connectivity index is 1.67. The third-order valence-corrected chi connectivity index (χ3v) is 3.78. The molecule has 2 aromatic heterocycles. The minimum atomic E-state index is -0.490. The first-order valence-corrected chi connectivity index (χ1v) is 7.23. The molecule has 0 radical (unpaired) electrons. The summed E-state index contributed by atoms with van der Waals surface area (Å²) in [6.45, 7) is 1.92. The van der Waals surface area contributed by atoms with Crippen molar-refractivity contribution in [1.29, 1.82) is 0 Å². The zero-order valence-electron chi connectivity index (χ0n) is 12.4. The summed E-state index contributed by atoms with van der Waals surface area (Å²) in [4.78, 5) is 29.4. The van der Waals surface area contributed by atoms with E-state index in [4.69, 9.17) is 5.73 Å². The molecule has 9 nitrogen and oxygen atoms in total. The second-order valence-electron chi connectivity index (χ2n) is 5.42. The normalized spacial score (nSPS) is 17.2. The Morgan fingerprint density at radius 3 is 2.91 bits per heavy atom. The smallest absolute Gasteiger partial charge is 0.315 e. The lowest BCUT2D eigenvalue weighted by Gasteiger charge is -2.22. The molecule has 3 amide bonds. The van der Waals surface area contributed by atoms with Gasteiger partial charge in [0.1, 0.15) is 5.82 Å². The standard InChI is InChI=1S/C14H17N7O2/c15-14(23)21-8-10(7-20-4-3-16-12(20)9-21)5-17-13(22)11-1-2-18-19-6-11/h1-4,6,10H,5,7-9H2,(H2,15,23)(H,17,22). The molecular formula is C14H17N7O2. The van der Waals surface area contributed by atoms with Gasteiger partial charge in [-0.15, -0.1) is 0 Å². The predicted molar refractivity (Wildman–Crippen MR) is 80.1 cm³/mol. The molecule has 3 heterocycles. The number of nitrogens with two attached hydrogens (primary N) is 1. The number of imidazole rings is 1. The van der Waals surface area contributed by atoms with Gasteiger partial charge in [-0.1, -0.05) is 0 Å². The number of amides is 3. The molecule has 0 saturated carbocycles. The van der Waals surface area contributed by atoms with Crippen molar-refractivity contribution in [3.8, 4) is 0 Å². The molecule has 3 N–H and O–H groups in total. The molecule has 3 rings (SSSR count). The largest absolute Gasteiger partial charge is 0.352 e. The summed E-state index contributed by atoms with van der Waals surface area (Å²) in [7, 11) is 0. The van der Waals surface area contributed by atoms with Crippen molar-refractivity contribution in [3.63, 3.8) is 0 Å². The van der Waals surface area contributed by atoms with Gasteiger partial charge in [-0.3, -0.25) is 4.79 Å². The van der Waals surface area contributed by atoms with Crippen LogP contribution in [0.1, 0.15) is 16.2 Å². The van der Waals surface area contributed by atoms with E-state index in [1.54, 1.807) is 12.3 Å². The van der Waals surface area contributed by atoms with E-state index < -0.39 is 6.03 Å². The van der Waals surface area contributed by atoms with Crippen molar-refractivity contribution < 1.29 is 9.59 Å². The van der Waals surface area contributed by atoms with E-state index in [1.165, 1.54) is 17.3 Å². The van der Waals surface area contributed by atoms with Crippen molar-refractivity contribution in [2.24, 2.45) is 11.7 Å². The summed E-state index contributed by atoms with van der Waals surface area (Å²) < 4.78 is 1.98. The quantitative estimate of drug-likeness (QED) is 0.799. The molecule has 120 valence electrons. The molecule has 1 aliphatic heterocycles. The SMILES string of the molecule is NC(=O)N1Cc2nccn2CC(CNC(=O)c2ccnnc2)C1. The fourth-order valence-corrected chi connectivity index (χ4v) is 2.60. The van der Waals surface area contributed by atoms with Gasteiger partial charge in [-0.2, -0.15) is 10.2 Å². The van der Waals surface area contributed by atoms with Crippen molar-refractivity contribution in [2.75, 3.05) is 13.1 Å². The molecule has 23 heavy (non-hydrogen) atoms. The Hall–Kier alpha value is -2.97. The predicted octanol–water partition coefficient (Wildman–Crippen LogP) is -0.386. The molecule has 2 aromatic rings.